The van der Waals surface area contributed by atoms with Gasteiger partial charge in [0.05, 0.1) is 0 Å². The normalized spacial score (nSPS) is 10.5. The van der Waals surface area contributed by atoms with Crippen molar-refractivity contribution in [2.45, 2.75) is 39.0 Å². The molecule has 0 radical (unpaired) electrons. The van der Waals surface area contributed by atoms with Crippen LogP contribution in [0.2, 0.25) is 0 Å². The van der Waals surface area contributed by atoms with Crippen LogP contribution in [0.3, 0.4) is 0 Å². The van der Waals surface area contributed by atoms with Gasteiger partial charge in [0.25, 0.3) is 0 Å². The maximum atomic E-state index is 10.6. The molecule has 0 fully saturated rings. The molecular formula is C13H23N5O. The fraction of sp³-hybridized carbons (Fsp3) is 0.615. The molecule has 0 saturated carbocycles. The Labute approximate surface area is 114 Å². The molecule has 0 aromatic carbocycles. The molecule has 4 N–H and O–H groups in total. The first-order valence-electron chi connectivity index (χ1n) is 6.61. The van der Waals surface area contributed by atoms with Crippen molar-refractivity contribution in [2.75, 3.05) is 24.2 Å². The minimum absolute atomic E-state index is 0.248. The van der Waals surface area contributed by atoms with Crippen molar-refractivity contribution in [2.24, 2.45) is 5.73 Å². The molecule has 0 aliphatic heterocycles. The molecule has 106 valence electrons. The minimum atomic E-state index is -0.248. The molecule has 0 saturated heterocycles. The molecule has 1 amide bonds. The van der Waals surface area contributed by atoms with E-state index in [0.717, 1.165) is 36.6 Å². The van der Waals surface area contributed by atoms with E-state index < -0.39 is 0 Å². The highest BCUT2D eigenvalue weighted by Gasteiger charge is 2.13. The van der Waals surface area contributed by atoms with E-state index in [2.05, 4.69) is 34.4 Å². The van der Waals surface area contributed by atoms with Crippen LogP contribution in [-0.4, -0.2) is 29.5 Å². The highest BCUT2D eigenvalue weighted by molar-refractivity contribution is 5.73. The van der Waals surface area contributed by atoms with E-state index in [1.807, 2.05) is 7.05 Å². The quantitative estimate of drug-likeness (QED) is 0.622. The molecule has 0 atom stereocenters. The van der Waals surface area contributed by atoms with E-state index in [0.29, 0.717) is 12.3 Å². The molecule has 0 aliphatic carbocycles. The van der Waals surface area contributed by atoms with E-state index in [1.165, 1.54) is 0 Å². The van der Waals surface area contributed by atoms with E-state index in [4.69, 9.17) is 5.73 Å². The van der Waals surface area contributed by atoms with Gasteiger partial charge >= 0.3 is 0 Å². The molecule has 1 rings (SSSR count). The van der Waals surface area contributed by atoms with Gasteiger partial charge in [0.1, 0.15) is 18.0 Å². The second kappa shape index (κ2) is 7.56. The largest absolute Gasteiger partial charge is 0.373 e. The van der Waals surface area contributed by atoms with Crippen LogP contribution < -0.4 is 16.4 Å². The zero-order valence-electron chi connectivity index (χ0n) is 11.9. The standard InChI is InChI=1S/C13H23N5O/c1-9(2)11-12(15-3)17-8-18-13(11)16-7-5-4-6-10(14)19/h8-9H,4-7H2,1-3H3,(H2,14,19)(H2,15,16,17,18). The number of amides is 1. The fourth-order valence-corrected chi connectivity index (χ4v) is 1.91. The molecule has 1 aromatic heterocycles. The van der Waals surface area contributed by atoms with E-state index in [1.54, 1.807) is 6.33 Å². The Morgan fingerprint density at radius 1 is 1.32 bits per heavy atom. The predicted octanol–water partition coefficient (Wildman–Crippen LogP) is 1.71. The van der Waals surface area contributed by atoms with Crippen molar-refractivity contribution >= 4 is 17.5 Å². The third-order valence-corrected chi connectivity index (χ3v) is 2.84. The first-order valence-corrected chi connectivity index (χ1v) is 6.61. The number of aromatic nitrogens is 2. The zero-order valence-corrected chi connectivity index (χ0v) is 11.9. The summed E-state index contributed by atoms with van der Waals surface area (Å²) in [7, 11) is 1.85. The van der Waals surface area contributed by atoms with Gasteiger partial charge < -0.3 is 16.4 Å². The van der Waals surface area contributed by atoms with Crippen molar-refractivity contribution in [1.82, 2.24) is 9.97 Å². The number of primary amides is 1. The Morgan fingerprint density at radius 2 is 2.00 bits per heavy atom. The van der Waals surface area contributed by atoms with Gasteiger partial charge in [-0.05, 0) is 18.8 Å². The van der Waals surface area contributed by atoms with Crippen molar-refractivity contribution in [3.8, 4) is 0 Å². The smallest absolute Gasteiger partial charge is 0.217 e. The first-order chi connectivity index (χ1) is 9.06. The van der Waals surface area contributed by atoms with Gasteiger partial charge in [-0.2, -0.15) is 0 Å². The summed E-state index contributed by atoms with van der Waals surface area (Å²) in [5, 5.41) is 6.38. The number of anilines is 2. The highest BCUT2D eigenvalue weighted by Crippen LogP contribution is 2.27. The van der Waals surface area contributed by atoms with Crippen LogP contribution in [0.15, 0.2) is 6.33 Å². The minimum Gasteiger partial charge on any atom is -0.373 e. The second-order valence-corrected chi connectivity index (χ2v) is 4.74. The average molecular weight is 265 g/mol. The van der Waals surface area contributed by atoms with Gasteiger partial charge in [-0.1, -0.05) is 13.8 Å². The monoisotopic (exact) mass is 265 g/mol. The lowest BCUT2D eigenvalue weighted by molar-refractivity contribution is -0.118. The van der Waals surface area contributed by atoms with Gasteiger partial charge in [0.15, 0.2) is 0 Å². The number of unbranched alkanes of at least 4 members (excludes halogenated alkanes) is 1. The molecule has 1 aromatic rings. The Balaban J connectivity index is 2.60. The van der Waals surface area contributed by atoms with Crippen molar-refractivity contribution in [3.63, 3.8) is 0 Å². The third kappa shape index (κ3) is 4.73. The van der Waals surface area contributed by atoms with Gasteiger partial charge in [-0.3, -0.25) is 4.79 Å². The lowest BCUT2D eigenvalue weighted by atomic mass is 10.0. The molecule has 0 bridgehead atoms. The average Bonchev–Trinajstić information content (AvgIpc) is 2.37. The molecular weight excluding hydrogens is 242 g/mol. The van der Waals surface area contributed by atoms with Crippen LogP contribution in [-0.2, 0) is 4.79 Å². The molecule has 0 spiro atoms. The summed E-state index contributed by atoms with van der Waals surface area (Å²) in [6.07, 6.45) is 3.66. The lowest BCUT2D eigenvalue weighted by Crippen LogP contribution is -2.12. The summed E-state index contributed by atoms with van der Waals surface area (Å²) in [5.74, 6) is 1.79. The summed E-state index contributed by atoms with van der Waals surface area (Å²) in [5.41, 5.74) is 6.18. The molecule has 6 nitrogen and oxygen atoms in total. The van der Waals surface area contributed by atoms with Crippen LogP contribution in [0, 0.1) is 0 Å². The fourth-order valence-electron chi connectivity index (χ4n) is 1.91. The van der Waals surface area contributed by atoms with Crippen LogP contribution >= 0.6 is 0 Å². The number of carbonyl (C=O) groups is 1. The Bertz CT molecular complexity index is 419. The Kier molecular flexibility index (Phi) is 6.05. The third-order valence-electron chi connectivity index (χ3n) is 2.84. The maximum Gasteiger partial charge on any atom is 0.217 e. The van der Waals surface area contributed by atoms with Gasteiger partial charge in [-0.15, -0.1) is 0 Å². The van der Waals surface area contributed by atoms with E-state index in [-0.39, 0.29) is 5.91 Å². The van der Waals surface area contributed by atoms with Crippen molar-refractivity contribution in [1.29, 1.82) is 0 Å². The maximum absolute atomic E-state index is 10.6. The summed E-state index contributed by atoms with van der Waals surface area (Å²) in [6, 6.07) is 0. The molecule has 0 unspecified atom stereocenters. The summed E-state index contributed by atoms with van der Waals surface area (Å²) >= 11 is 0. The van der Waals surface area contributed by atoms with E-state index >= 15 is 0 Å². The Morgan fingerprint density at radius 3 is 2.58 bits per heavy atom. The van der Waals surface area contributed by atoms with Crippen molar-refractivity contribution in [3.05, 3.63) is 11.9 Å². The molecule has 0 aliphatic rings. The number of nitrogens with two attached hydrogens (primary N) is 1. The van der Waals surface area contributed by atoms with Crippen LogP contribution in [0.1, 0.15) is 44.6 Å². The number of carbonyl (C=O) groups excluding carboxylic acids is 1. The van der Waals surface area contributed by atoms with Crippen LogP contribution in [0.5, 0.6) is 0 Å². The number of nitrogens with one attached hydrogen (secondary N) is 2. The molecule has 1 heterocycles. The molecule has 19 heavy (non-hydrogen) atoms. The topological polar surface area (TPSA) is 92.9 Å². The Hall–Kier alpha value is -1.85. The van der Waals surface area contributed by atoms with Crippen LogP contribution in [0.4, 0.5) is 11.6 Å². The highest BCUT2D eigenvalue weighted by atomic mass is 16.1. The van der Waals surface area contributed by atoms with Gasteiger partial charge in [0, 0.05) is 25.6 Å². The lowest BCUT2D eigenvalue weighted by Gasteiger charge is -2.16. The zero-order chi connectivity index (χ0) is 14.3. The predicted molar refractivity (Wildman–Crippen MR) is 77.2 cm³/mol. The second-order valence-electron chi connectivity index (χ2n) is 4.74. The number of rotatable bonds is 8. The molecule has 6 heteroatoms. The summed E-state index contributed by atoms with van der Waals surface area (Å²) in [6.45, 7) is 4.99. The number of hydrogen-bond acceptors (Lipinski definition) is 5. The summed E-state index contributed by atoms with van der Waals surface area (Å²) < 4.78 is 0. The number of nitrogens with zero attached hydrogens (tertiary/aromatic N) is 2. The summed E-state index contributed by atoms with van der Waals surface area (Å²) in [4.78, 5) is 19.1. The van der Waals surface area contributed by atoms with Gasteiger partial charge in [-0.25, -0.2) is 9.97 Å². The van der Waals surface area contributed by atoms with Gasteiger partial charge in [0.2, 0.25) is 5.91 Å². The van der Waals surface area contributed by atoms with Crippen molar-refractivity contribution < 1.29 is 4.79 Å². The SMILES string of the molecule is CNc1ncnc(NCCCCC(N)=O)c1C(C)C. The number of hydrogen-bond donors (Lipinski definition) is 3. The first kappa shape index (κ1) is 15.2. The van der Waals surface area contributed by atoms with Crippen LogP contribution in [0.25, 0.3) is 0 Å². The van der Waals surface area contributed by atoms with E-state index in [9.17, 15) is 4.79 Å².